The van der Waals surface area contributed by atoms with E-state index in [0.29, 0.717) is 29.0 Å². The van der Waals surface area contributed by atoms with Gasteiger partial charge < -0.3 is 5.73 Å². The lowest BCUT2D eigenvalue weighted by atomic mass is 9.92. The zero-order valence-electron chi connectivity index (χ0n) is 17.6. The van der Waals surface area contributed by atoms with E-state index in [2.05, 4.69) is 20.8 Å². The van der Waals surface area contributed by atoms with Crippen molar-refractivity contribution in [2.45, 2.75) is 52.0 Å². The number of rotatable bonds is 7. The van der Waals surface area contributed by atoms with Crippen LogP contribution in [0.25, 0.3) is 5.69 Å². The van der Waals surface area contributed by atoms with Gasteiger partial charge in [-0.05, 0) is 42.3 Å². The van der Waals surface area contributed by atoms with Crippen LogP contribution in [0.3, 0.4) is 0 Å². The van der Waals surface area contributed by atoms with Crippen LogP contribution < -0.4 is 5.73 Å². The lowest BCUT2D eigenvalue weighted by Crippen LogP contribution is -2.12. The van der Waals surface area contributed by atoms with Crippen molar-refractivity contribution in [1.82, 2.24) is 9.78 Å². The average molecular weight is 428 g/mol. The zero-order chi connectivity index (χ0) is 21.9. The zero-order valence-corrected chi connectivity index (χ0v) is 18.3. The van der Waals surface area contributed by atoms with E-state index >= 15 is 0 Å². The first-order valence-electron chi connectivity index (χ1n) is 10.0. The Balaban J connectivity index is 1.77. The van der Waals surface area contributed by atoms with E-state index in [0.717, 1.165) is 17.1 Å². The molecule has 30 heavy (non-hydrogen) atoms. The third kappa shape index (κ3) is 5.35. The minimum Gasteiger partial charge on any atom is -0.326 e. The molecule has 158 valence electrons. The minimum atomic E-state index is -0.364. The first kappa shape index (κ1) is 22.2. The molecule has 0 saturated carbocycles. The number of benzene rings is 2. The topological polar surface area (TPSA) is 60.9 Å². The van der Waals surface area contributed by atoms with Gasteiger partial charge in [0.15, 0.2) is 0 Å². The van der Waals surface area contributed by atoms with Gasteiger partial charge in [0.2, 0.25) is 0 Å². The van der Waals surface area contributed by atoms with Gasteiger partial charge in [-0.15, -0.1) is 0 Å². The van der Waals surface area contributed by atoms with Gasteiger partial charge in [-0.25, -0.2) is 9.07 Å². The Kier molecular flexibility index (Phi) is 6.74. The number of aromatic nitrogens is 2. The number of Topliss-reactive ketones (excluding diaryl/α,β-unsaturated/α-hetero) is 1. The van der Waals surface area contributed by atoms with Gasteiger partial charge in [0.1, 0.15) is 11.6 Å². The Labute approximate surface area is 181 Å². The summed E-state index contributed by atoms with van der Waals surface area (Å²) >= 11 is 6.16. The summed E-state index contributed by atoms with van der Waals surface area (Å²) < 4.78 is 15.8. The molecule has 0 fully saturated rings. The highest BCUT2D eigenvalue weighted by molar-refractivity contribution is 6.30. The number of carbonyl (C=O) groups excluding carboxylic acids is 1. The number of nitrogens with zero attached hydrogens (tertiary/aromatic N) is 2. The van der Waals surface area contributed by atoms with Crippen LogP contribution in [-0.2, 0) is 29.6 Å². The summed E-state index contributed by atoms with van der Waals surface area (Å²) in [6.07, 6.45) is 1.08. The molecule has 4 nitrogen and oxygen atoms in total. The minimum absolute atomic E-state index is 0.0473. The van der Waals surface area contributed by atoms with Crippen molar-refractivity contribution in [1.29, 1.82) is 0 Å². The second-order valence-corrected chi connectivity index (χ2v) is 8.94. The third-order valence-electron chi connectivity index (χ3n) is 5.00. The Bertz CT molecular complexity index is 1050. The van der Waals surface area contributed by atoms with E-state index in [1.165, 1.54) is 6.07 Å². The second-order valence-electron chi connectivity index (χ2n) is 8.51. The summed E-state index contributed by atoms with van der Waals surface area (Å²) in [7, 11) is 0. The summed E-state index contributed by atoms with van der Waals surface area (Å²) in [6.45, 7) is 6.45. The van der Waals surface area contributed by atoms with Crippen molar-refractivity contribution in [3.8, 4) is 5.69 Å². The average Bonchev–Trinajstić information content (AvgIpc) is 3.11. The normalized spacial score (nSPS) is 11.7. The standard InChI is InChI=1S/C24H27ClFN3O/c1-24(2,3)23-14-20(29(28-23)19-6-4-5-18(25)13-19)9-10-21(30)11-16-7-8-17(15-27)22(26)12-16/h4-8,12-14H,9-11,15,27H2,1-3H3. The van der Waals surface area contributed by atoms with E-state index in [1.54, 1.807) is 12.1 Å². The lowest BCUT2D eigenvalue weighted by Gasteiger charge is -2.14. The smallest absolute Gasteiger partial charge is 0.137 e. The monoisotopic (exact) mass is 427 g/mol. The van der Waals surface area contributed by atoms with Crippen LogP contribution in [0.4, 0.5) is 4.39 Å². The molecule has 0 aliphatic heterocycles. The summed E-state index contributed by atoms with van der Waals surface area (Å²) in [5, 5.41) is 5.40. The van der Waals surface area contributed by atoms with Crippen LogP contribution in [0.15, 0.2) is 48.5 Å². The number of hydrogen-bond acceptors (Lipinski definition) is 3. The van der Waals surface area contributed by atoms with Crippen LogP contribution in [-0.4, -0.2) is 15.6 Å². The van der Waals surface area contributed by atoms with Crippen LogP contribution in [0, 0.1) is 5.82 Å². The molecule has 1 heterocycles. The van der Waals surface area contributed by atoms with Crippen molar-refractivity contribution in [2.75, 3.05) is 0 Å². The number of ketones is 1. The van der Waals surface area contributed by atoms with Gasteiger partial charge >= 0.3 is 0 Å². The Morgan fingerprint density at radius 3 is 2.57 bits per heavy atom. The number of hydrogen-bond donors (Lipinski definition) is 1. The molecule has 0 atom stereocenters. The van der Waals surface area contributed by atoms with Gasteiger partial charge in [0, 0.05) is 41.1 Å². The lowest BCUT2D eigenvalue weighted by molar-refractivity contribution is -0.118. The Morgan fingerprint density at radius 1 is 1.17 bits per heavy atom. The Hall–Kier alpha value is -2.50. The number of halogens is 2. The van der Waals surface area contributed by atoms with Gasteiger partial charge in [-0.2, -0.15) is 5.10 Å². The molecule has 3 aromatic rings. The molecule has 6 heteroatoms. The molecular formula is C24H27ClFN3O. The fourth-order valence-corrected chi connectivity index (χ4v) is 3.43. The first-order valence-corrected chi connectivity index (χ1v) is 10.4. The van der Waals surface area contributed by atoms with E-state index in [9.17, 15) is 9.18 Å². The van der Waals surface area contributed by atoms with Crippen LogP contribution in [0.1, 0.15) is 49.7 Å². The van der Waals surface area contributed by atoms with Gasteiger partial charge in [0.25, 0.3) is 0 Å². The molecule has 0 amide bonds. The van der Waals surface area contributed by atoms with Crippen molar-refractivity contribution in [3.63, 3.8) is 0 Å². The highest BCUT2D eigenvalue weighted by atomic mass is 35.5. The molecule has 0 aliphatic carbocycles. The number of nitrogens with two attached hydrogens (primary N) is 1. The van der Waals surface area contributed by atoms with Gasteiger partial charge in [-0.3, -0.25) is 4.79 Å². The number of aryl methyl sites for hydroxylation is 1. The highest BCUT2D eigenvalue weighted by Gasteiger charge is 2.21. The fourth-order valence-electron chi connectivity index (χ4n) is 3.25. The summed E-state index contributed by atoms with van der Waals surface area (Å²) in [5.41, 5.74) is 9.24. The SMILES string of the molecule is CC(C)(C)c1cc(CCC(=O)Cc2ccc(CN)c(F)c2)n(-c2cccc(Cl)c2)n1. The highest BCUT2D eigenvalue weighted by Crippen LogP contribution is 2.25. The van der Waals surface area contributed by atoms with Crippen LogP contribution in [0.5, 0.6) is 0 Å². The Morgan fingerprint density at radius 2 is 1.93 bits per heavy atom. The van der Waals surface area contributed by atoms with Crippen molar-refractivity contribution < 1.29 is 9.18 Å². The molecule has 1 aromatic heterocycles. The quantitative estimate of drug-likeness (QED) is 0.566. The molecule has 0 radical (unpaired) electrons. The molecular weight excluding hydrogens is 401 g/mol. The molecule has 0 unspecified atom stereocenters. The van der Waals surface area contributed by atoms with Crippen molar-refractivity contribution >= 4 is 17.4 Å². The number of carbonyl (C=O) groups is 1. The van der Waals surface area contributed by atoms with Crippen molar-refractivity contribution in [3.05, 3.63) is 81.9 Å². The third-order valence-corrected chi connectivity index (χ3v) is 5.24. The van der Waals surface area contributed by atoms with Crippen LogP contribution >= 0.6 is 11.6 Å². The van der Waals surface area contributed by atoms with Crippen molar-refractivity contribution in [2.24, 2.45) is 5.73 Å². The summed E-state index contributed by atoms with van der Waals surface area (Å²) in [4.78, 5) is 12.6. The summed E-state index contributed by atoms with van der Waals surface area (Å²) in [5.74, 6) is -0.317. The van der Waals surface area contributed by atoms with Gasteiger partial charge in [0.05, 0.1) is 11.4 Å². The van der Waals surface area contributed by atoms with E-state index in [-0.39, 0.29) is 30.0 Å². The van der Waals surface area contributed by atoms with Crippen LogP contribution in [0.2, 0.25) is 5.02 Å². The molecule has 0 saturated heterocycles. The maximum absolute atomic E-state index is 13.9. The summed E-state index contributed by atoms with van der Waals surface area (Å²) in [6, 6.07) is 14.3. The predicted molar refractivity (Wildman–Crippen MR) is 119 cm³/mol. The molecule has 3 rings (SSSR count). The first-order chi connectivity index (χ1) is 14.2. The van der Waals surface area contributed by atoms with Gasteiger partial charge in [-0.1, -0.05) is 50.6 Å². The molecule has 2 N–H and O–H groups in total. The fraction of sp³-hybridized carbons (Fsp3) is 0.333. The molecule has 0 aliphatic rings. The molecule has 0 bridgehead atoms. The van der Waals surface area contributed by atoms with E-state index in [1.807, 2.05) is 35.0 Å². The maximum Gasteiger partial charge on any atom is 0.137 e. The van der Waals surface area contributed by atoms with E-state index < -0.39 is 0 Å². The largest absolute Gasteiger partial charge is 0.326 e. The predicted octanol–water partition coefficient (Wildman–Crippen LogP) is 5.17. The maximum atomic E-state index is 13.9. The molecule has 2 aromatic carbocycles. The van der Waals surface area contributed by atoms with E-state index in [4.69, 9.17) is 22.4 Å². The molecule has 0 spiro atoms. The second kappa shape index (κ2) is 9.11.